The molecule has 6 heteroatoms. The molecule has 0 bridgehead atoms. The molecular formula is C15H18N2O3S. The molecule has 1 atom stereocenters. The van der Waals surface area contributed by atoms with E-state index in [2.05, 4.69) is 10.3 Å². The zero-order valence-electron chi connectivity index (χ0n) is 12.4. The van der Waals surface area contributed by atoms with Crippen LogP contribution in [0.3, 0.4) is 0 Å². The van der Waals surface area contributed by atoms with Crippen molar-refractivity contribution in [2.24, 2.45) is 0 Å². The lowest BCUT2D eigenvalue weighted by Crippen LogP contribution is -2.10. The van der Waals surface area contributed by atoms with E-state index in [4.69, 9.17) is 4.74 Å². The van der Waals surface area contributed by atoms with Gasteiger partial charge in [-0.15, -0.1) is 11.3 Å². The van der Waals surface area contributed by atoms with Crippen LogP contribution in [-0.2, 0) is 0 Å². The fraction of sp³-hybridized carbons (Fsp3) is 0.333. The van der Waals surface area contributed by atoms with E-state index < -0.39 is 5.97 Å². The number of hydrogen-bond donors (Lipinski definition) is 2. The highest BCUT2D eigenvalue weighted by molar-refractivity contribution is 7.11. The van der Waals surface area contributed by atoms with Gasteiger partial charge in [0.2, 0.25) is 0 Å². The second-order valence-electron chi connectivity index (χ2n) is 4.77. The van der Waals surface area contributed by atoms with Crippen molar-refractivity contribution in [3.8, 4) is 5.75 Å². The Morgan fingerprint density at radius 1 is 1.43 bits per heavy atom. The van der Waals surface area contributed by atoms with E-state index in [0.717, 1.165) is 15.6 Å². The minimum absolute atomic E-state index is 0.0265. The lowest BCUT2D eigenvalue weighted by atomic mass is 10.1. The number of rotatable bonds is 5. The summed E-state index contributed by atoms with van der Waals surface area (Å²) in [4.78, 5) is 16.8. The van der Waals surface area contributed by atoms with Gasteiger partial charge >= 0.3 is 5.97 Å². The molecule has 0 aliphatic rings. The predicted octanol–water partition coefficient (Wildman–Crippen LogP) is 3.64. The summed E-state index contributed by atoms with van der Waals surface area (Å²) >= 11 is 1.61. The van der Waals surface area contributed by atoms with Crippen molar-refractivity contribution in [2.75, 3.05) is 12.4 Å². The van der Waals surface area contributed by atoms with Crippen molar-refractivity contribution in [2.45, 2.75) is 26.8 Å². The number of ether oxygens (including phenoxy) is 1. The molecule has 0 saturated heterocycles. The maximum Gasteiger partial charge on any atom is 0.337 e. The molecular weight excluding hydrogens is 288 g/mol. The molecule has 0 fully saturated rings. The Labute approximate surface area is 127 Å². The summed E-state index contributed by atoms with van der Waals surface area (Å²) in [6, 6.07) is 4.85. The van der Waals surface area contributed by atoms with E-state index in [1.54, 1.807) is 36.6 Å². The molecule has 0 saturated carbocycles. The molecule has 2 rings (SSSR count). The fourth-order valence-corrected chi connectivity index (χ4v) is 3.13. The topological polar surface area (TPSA) is 71.5 Å². The van der Waals surface area contributed by atoms with Crippen LogP contribution in [0, 0.1) is 13.8 Å². The molecule has 1 heterocycles. The standard InChI is InChI=1S/C15H18N2O3S/c1-8-14(21-10(3)16-8)9(2)17-13-7-11(20-4)5-6-12(13)15(18)19/h5-7,9,17H,1-4H3,(H,18,19). The first kappa shape index (κ1) is 15.3. The molecule has 2 aromatic rings. The summed E-state index contributed by atoms with van der Waals surface area (Å²) < 4.78 is 5.16. The van der Waals surface area contributed by atoms with E-state index in [9.17, 15) is 9.90 Å². The zero-order valence-corrected chi connectivity index (χ0v) is 13.2. The zero-order chi connectivity index (χ0) is 15.6. The van der Waals surface area contributed by atoms with Gasteiger partial charge in [-0.3, -0.25) is 0 Å². The highest BCUT2D eigenvalue weighted by Crippen LogP contribution is 2.30. The lowest BCUT2D eigenvalue weighted by Gasteiger charge is -2.17. The van der Waals surface area contributed by atoms with Gasteiger partial charge < -0.3 is 15.2 Å². The number of carboxylic acids is 1. The maximum absolute atomic E-state index is 11.3. The van der Waals surface area contributed by atoms with Crippen LogP contribution < -0.4 is 10.1 Å². The summed E-state index contributed by atoms with van der Waals surface area (Å²) in [5.74, 6) is -0.350. The van der Waals surface area contributed by atoms with Crippen molar-refractivity contribution in [1.82, 2.24) is 4.98 Å². The van der Waals surface area contributed by atoms with Gasteiger partial charge in [-0.1, -0.05) is 0 Å². The van der Waals surface area contributed by atoms with Gasteiger partial charge in [0, 0.05) is 10.9 Å². The Morgan fingerprint density at radius 3 is 2.67 bits per heavy atom. The summed E-state index contributed by atoms with van der Waals surface area (Å²) in [5.41, 5.74) is 1.73. The molecule has 112 valence electrons. The molecule has 21 heavy (non-hydrogen) atoms. The number of aryl methyl sites for hydroxylation is 2. The number of aromatic nitrogens is 1. The fourth-order valence-electron chi connectivity index (χ4n) is 2.20. The highest BCUT2D eigenvalue weighted by atomic mass is 32.1. The number of carbonyl (C=O) groups is 1. The Balaban J connectivity index is 2.33. The van der Waals surface area contributed by atoms with E-state index in [0.29, 0.717) is 11.4 Å². The number of nitrogens with one attached hydrogen (secondary N) is 1. The maximum atomic E-state index is 11.3. The van der Waals surface area contributed by atoms with E-state index in [1.807, 2.05) is 20.8 Å². The predicted molar refractivity (Wildman–Crippen MR) is 83.6 cm³/mol. The molecule has 2 N–H and O–H groups in total. The first-order chi connectivity index (χ1) is 9.92. The van der Waals surface area contributed by atoms with Crippen LogP contribution in [0.5, 0.6) is 5.75 Å². The second kappa shape index (κ2) is 6.13. The van der Waals surface area contributed by atoms with Crippen molar-refractivity contribution in [3.05, 3.63) is 39.3 Å². The summed E-state index contributed by atoms with van der Waals surface area (Å²) in [7, 11) is 1.56. The van der Waals surface area contributed by atoms with E-state index in [-0.39, 0.29) is 11.6 Å². The number of aromatic carboxylic acids is 1. The van der Waals surface area contributed by atoms with Crippen LogP contribution >= 0.6 is 11.3 Å². The third kappa shape index (κ3) is 3.33. The number of nitrogens with zero attached hydrogens (tertiary/aromatic N) is 1. The number of carboxylic acid groups (broad SMARTS) is 1. The van der Waals surface area contributed by atoms with E-state index in [1.165, 1.54) is 0 Å². The quantitative estimate of drug-likeness (QED) is 0.882. The van der Waals surface area contributed by atoms with Crippen molar-refractivity contribution in [3.63, 3.8) is 0 Å². The SMILES string of the molecule is COc1ccc(C(=O)O)c(NC(C)c2sc(C)nc2C)c1. The molecule has 5 nitrogen and oxygen atoms in total. The normalized spacial score (nSPS) is 12.0. The monoisotopic (exact) mass is 306 g/mol. The van der Waals surface area contributed by atoms with Crippen molar-refractivity contribution in [1.29, 1.82) is 0 Å². The van der Waals surface area contributed by atoms with Gasteiger partial charge in [0.05, 0.1) is 35.1 Å². The minimum atomic E-state index is -0.968. The third-order valence-corrected chi connectivity index (χ3v) is 4.42. The Kier molecular flexibility index (Phi) is 4.47. The van der Waals surface area contributed by atoms with Gasteiger partial charge in [0.25, 0.3) is 0 Å². The van der Waals surface area contributed by atoms with E-state index >= 15 is 0 Å². The molecule has 0 radical (unpaired) electrons. The Hall–Kier alpha value is -2.08. The van der Waals surface area contributed by atoms with Crippen LogP contribution in [0.2, 0.25) is 0 Å². The highest BCUT2D eigenvalue weighted by Gasteiger charge is 2.17. The van der Waals surface area contributed by atoms with Crippen LogP contribution in [0.25, 0.3) is 0 Å². The minimum Gasteiger partial charge on any atom is -0.497 e. The van der Waals surface area contributed by atoms with Gasteiger partial charge in [-0.05, 0) is 32.9 Å². The smallest absolute Gasteiger partial charge is 0.337 e. The molecule has 0 aliphatic carbocycles. The lowest BCUT2D eigenvalue weighted by molar-refractivity contribution is 0.0698. The molecule has 0 spiro atoms. The summed E-state index contributed by atoms with van der Waals surface area (Å²) in [6.07, 6.45) is 0. The van der Waals surface area contributed by atoms with Gasteiger partial charge in [-0.25, -0.2) is 9.78 Å². The summed E-state index contributed by atoms with van der Waals surface area (Å²) in [6.45, 7) is 5.91. The molecule has 1 unspecified atom stereocenters. The Bertz CT molecular complexity index is 667. The van der Waals surface area contributed by atoms with Gasteiger partial charge in [0.1, 0.15) is 5.75 Å². The molecule has 1 aromatic carbocycles. The number of benzene rings is 1. The molecule has 0 aliphatic heterocycles. The number of methoxy groups -OCH3 is 1. The average Bonchev–Trinajstić information content (AvgIpc) is 2.77. The Morgan fingerprint density at radius 2 is 2.14 bits per heavy atom. The summed E-state index contributed by atoms with van der Waals surface area (Å²) in [5, 5.41) is 13.5. The third-order valence-electron chi connectivity index (χ3n) is 3.16. The number of anilines is 1. The first-order valence-electron chi connectivity index (χ1n) is 6.54. The largest absolute Gasteiger partial charge is 0.497 e. The average molecular weight is 306 g/mol. The van der Waals surface area contributed by atoms with Crippen molar-refractivity contribution < 1.29 is 14.6 Å². The molecule has 1 aromatic heterocycles. The first-order valence-corrected chi connectivity index (χ1v) is 7.35. The van der Waals surface area contributed by atoms with Gasteiger partial charge in [0.15, 0.2) is 0 Å². The van der Waals surface area contributed by atoms with Crippen LogP contribution in [0.15, 0.2) is 18.2 Å². The van der Waals surface area contributed by atoms with Crippen molar-refractivity contribution >= 4 is 23.0 Å². The number of hydrogen-bond acceptors (Lipinski definition) is 5. The van der Waals surface area contributed by atoms with Crippen LogP contribution in [-0.4, -0.2) is 23.2 Å². The molecule has 0 amide bonds. The van der Waals surface area contributed by atoms with Crippen LogP contribution in [0.1, 0.15) is 38.9 Å². The van der Waals surface area contributed by atoms with Crippen LogP contribution in [0.4, 0.5) is 5.69 Å². The second-order valence-corrected chi connectivity index (χ2v) is 6.00. The number of thiazole rings is 1. The van der Waals surface area contributed by atoms with Gasteiger partial charge in [-0.2, -0.15) is 0 Å².